The van der Waals surface area contributed by atoms with Gasteiger partial charge in [0.15, 0.2) is 0 Å². The van der Waals surface area contributed by atoms with Gasteiger partial charge in [0.05, 0.1) is 0 Å². The van der Waals surface area contributed by atoms with Crippen molar-refractivity contribution in [1.29, 1.82) is 0 Å². The van der Waals surface area contributed by atoms with Gasteiger partial charge in [0.2, 0.25) is 0 Å². The first-order chi connectivity index (χ1) is 16.7. The van der Waals surface area contributed by atoms with Gasteiger partial charge in [-0.05, 0) is 0 Å². The number of benzene rings is 5. The third-order valence-corrected chi connectivity index (χ3v) is 17.8. The van der Waals surface area contributed by atoms with Crippen LogP contribution in [0.4, 0.5) is 0 Å². The van der Waals surface area contributed by atoms with Crippen molar-refractivity contribution < 1.29 is 10.2 Å². The molecule has 4 heteroatoms. The summed E-state index contributed by atoms with van der Waals surface area (Å²) in [7, 11) is -1.04. The molecule has 0 amide bonds. The van der Waals surface area contributed by atoms with E-state index in [-0.39, 0.29) is 11.5 Å². The van der Waals surface area contributed by atoms with E-state index in [0.29, 0.717) is 5.30 Å². The Balaban J connectivity index is 2.00. The molecule has 0 heterocycles. The minimum atomic E-state index is -3.06. The summed E-state index contributed by atoms with van der Waals surface area (Å²) in [6.45, 7) is -3.06. The Hall–Kier alpha value is -3.44. The fraction of sp³-hybridized carbons (Fsp3) is 0. The van der Waals surface area contributed by atoms with E-state index >= 15 is 0 Å². The van der Waals surface area contributed by atoms with Crippen LogP contribution in [0.2, 0.25) is 0 Å². The monoisotopic (exact) mass is 480 g/mol. The van der Waals surface area contributed by atoms with Gasteiger partial charge in [-0.1, -0.05) is 0 Å². The van der Waals surface area contributed by atoms with Gasteiger partial charge in [0.1, 0.15) is 0 Å². The average Bonchev–Trinajstić information content (AvgIpc) is 2.90. The molecular formula is C30H26O2P2. The molecule has 5 aromatic rings. The van der Waals surface area contributed by atoms with Gasteiger partial charge < -0.3 is 0 Å². The quantitative estimate of drug-likeness (QED) is 0.329. The zero-order valence-corrected chi connectivity index (χ0v) is 20.5. The normalized spacial score (nSPS) is 11.9. The van der Waals surface area contributed by atoms with Crippen LogP contribution in [0, 0.1) is 0 Å². The van der Waals surface area contributed by atoms with Gasteiger partial charge in [-0.15, -0.1) is 0 Å². The molecule has 0 aliphatic rings. The Morgan fingerprint density at radius 2 is 0.765 bits per heavy atom. The van der Waals surface area contributed by atoms with Crippen molar-refractivity contribution in [2.45, 2.75) is 0 Å². The van der Waals surface area contributed by atoms with E-state index in [1.807, 2.05) is 24.3 Å². The molecular weight excluding hydrogens is 454 g/mol. The maximum absolute atomic E-state index is 11.4. The van der Waals surface area contributed by atoms with Crippen LogP contribution in [-0.2, 0) is 0 Å². The zero-order chi connectivity index (χ0) is 23.4. The third-order valence-electron chi connectivity index (χ3n) is 6.13. The van der Waals surface area contributed by atoms with Gasteiger partial charge in [-0.25, -0.2) is 0 Å². The SMILES string of the molecule is Oc1cccc(O)c1[PH](c1ccccc1)(c1ccccc1)P(c1ccccc1)c1ccccc1. The molecule has 2 nitrogen and oxygen atoms in total. The molecule has 0 aliphatic heterocycles. The van der Waals surface area contributed by atoms with Crippen LogP contribution in [0.3, 0.4) is 0 Å². The number of aromatic hydroxyl groups is 2. The molecule has 168 valence electrons. The van der Waals surface area contributed by atoms with Gasteiger partial charge in [-0.2, -0.15) is 0 Å². The number of phenols is 2. The number of hydrogen-bond acceptors (Lipinski definition) is 2. The zero-order valence-electron chi connectivity index (χ0n) is 18.6. The summed E-state index contributed by atoms with van der Waals surface area (Å²) in [6.07, 6.45) is 0. The molecule has 2 N–H and O–H groups in total. The Morgan fingerprint density at radius 3 is 1.15 bits per heavy atom. The molecule has 0 atom stereocenters. The van der Waals surface area contributed by atoms with Gasteiger partial charge >= 0.3 is 202 Å². The first-order valence-corrected chi connectivity index (χ1v) is 15.4. The molecule has 0 spiro atoms. The van der Waals surface area contributed by atoms with Crippen LogP contribution in [0.25, 0.3) is 0 Å². The van der Waals surface area contributed by atoms with E-state index < -0.39 is 14.6 Å². The number of hydrogen-bond donors (Lipinski definition) is 2. The predicted molar refractivity (Wildman–Crippen MR) is 149 cm³/mol. The Morgan fingerprint density at radius 1 is 0.412 bits per heavy atom. The van der Waals surface area contributed by atoms with Crippen molar-refractivity contribution in [3.05, 3.63) is 140 Å². The van der Waals surface area contributed by atoms with Crippen LogP contribution in [0.1, 0.15) is 0 Å². The van der Waals surface area contributed by atoms with E-state index in [1.165, 1.54) is 10.6 Å². The third kappa shape index (κ3) is 3.90. The summed E-state index contributed by atoms with van der Waals surface area (Å²) in [4.78, 5) is 0. The standard InChI is InChI=1S/C30H26O2P2/c31-28-22-13-23-29(32)30(28)34(26-18-9-3-10-19-26,27-20-11-4-12-21-27)33(24-14-5-1-6-15-24)25-16-7-2-8-17-25/h1-23,31-32,34H. The summed E-state index contributed by atoms with van der Waals surface area (Å²) in [5.74, 6) is 0.275. The molecule has 0 unspecified atom stereocenters. The Bertz CT molecular complexity index is 1260. The number of rotatable bonds is 6. The van der Waals surface area contributed by atoms with Crippen LogP contribution < -0.4 is 26.5 Å². The van der Waals surface area contributed by atoms with Crippen LogP contribution >= 0.6 is 14.6 Å². The molecule has 5 rings (SSSR count). The summed E-state index contributed by atoms with van der Waals surface area (Å²) in [5, 5.41) is 28.1. The molecule has 0 aliphatic carbocycles. The van der Waals surface area contributed by atoms with Crippen molar-refractivity contribution >= 4 is 41.1 Å². The maximum atomic E-state index is 11.4. The molecule has 0 fully saturated rings. The van der Waals surface area contributed by atoms with Crippen molar-refractivity contribution in [3.8, 4) is 11.5 Å². The summed E-state index contributed by atoms with van der Waals surface area (Å²) in [5.41, 5.74) is 0. The molecule has 5 aromatic carbocycles. The van der Waals surface area contributed by atoms with E-state index in [4.69, 9.17) is 0 Å². The van der Waals surface area contributed by atoms with Gasteiger partial charge in [-0.3, -0.25) is 0 Å². The Labute approximate surface area is 202 Å². The number of phenolic OH excluding ortho intramolecular Hbond substituents is 2. The van der Waals surface area contributed by atoms with Crippen LogP contribution in [-0.4, -0.2) is 10.2 Å². The Kier molecular flexibility index (Phi) is 6.45. The van der Waals surface area contributed by atoms with E-state index in [1.54, 1.807) is 18.2 Å². The van der Waals surface area contributed by atoms with E-state index in [9.17, 15) is 10.2 Å². The molecule has 0 saturated carbocycles. The first kappa shape index (κ1) is 22.4. The summed E-state index contributed by atoms with van der Waals surface area (Å²) >= 11 is 0. The average molecular weight is 480 g/mol. The van der Waals surface area contributed by atoms with Gasteiger partial charge in [0.25, 0.3) is 0 Å². The fourth-order valence-corrected chi connectivity index (χ4v) is 17.7. The predicted octanol–water partition coefficient (Wildman–Crippen LogP) is 5.17. The molecule has 0 radical (unpaired) electrons. The van der Waals surface area contributed by atoms with Crippen LogP contribution in [0.15, 0.2) is 140 Å². The second-order valence-corrected chi connectivity index (χ2v) is 16.3. The fourth-order valence-electron chi connectivity index (χ4n) is 4.77. The van der Waals surface area contributed by atoms with Crippen molar-refractivity contribution in [2.24, 2.45) is 0 Å². The van der Waals surface area contributed by atoms with Crippen LogP contribution in [0.5, 0.6) is 11.5 Å². The van der Waals surface area contributed by atoms with Crippen molar-refractivity contribution in [3.63, 3.8) is 0 Å². The van der Waals surface area contributed by atoms with E-state index in [0.717, 1.165) is 10.6 Å². The summed E-state index contributed by atoms with van der Waals surface area (Å²) < 4.78 is 0. The second-order valence-electron chi connectivity index (χ2n) is 8.12. The van der Waals surface area contributed by atoms with Crippen molar-refractivity contribution in [2.75, 3.05) is 0 Å². The molecule has 34 heavy (non-hydrogen) atoms. The van der Waals surface area contributed by atoms with Gasteiger partial charge in [0, 0.05) is 0 Å². The summed E-state index contributed by atoms with van der Waals surface area (Å²) in [6, 6.07) is 47.1. The molecule has 0 saturated heterocycles. The molecule has 0 bridgehead atoms. The second kappa shape index (κ2) is 9.82. The minimum absolute atomic E-state index is 0.138. The topological polar surface area (TPSA) is 40.5 Å². The van der Waals surface area contributed by atoms with Crippen molar-refractivity contribution in [1.82, 2.24) is 0 Å². The van der Waals surface area contributed by atoms with E-state index in [2.05, 4.69) is 97.1 Å². The molecule has 0 aromatic heterocycles. The first-order valence-electron chi connectivity index (χ1n) is 11.3.